The summed E-state index contributed by atoms with van der Waals surface area (Å²) in [5.74, 6) is -1.26. The molecule has 0 spiro atoms. The lowest BCUT2D eigenvalue weighted by atomic mass is 9.87. The van der Waals surface area contributed by atoms with Crippen molar-refractivity contribution in [1.29, 1.82) is 0 Å². The standard InChI is InChI=1S/C16H21ClN2O3/c1-10(20)7-8-18-14(21)15(22)19-9-16(2,3)13-11(17)5-4-6-12(13)19/h4-6,10,20H,7-9H2,1-3H3,(H,18,21). The molecule has 2 N–H and O–H groups in total. The fourth-order valence-electron chi connectivity index (χ4n) is 2.74. The Morgan fingerprint density at radius 2 is 2.14 bits per heavy atom. The summed E-state index contributed by atoms with van der Waals surface area (Å²) in [6.45, 7) is 6.30. The van der Waals surface area contributed by atoms with Gasteiger partial charge in [-0.05, 0) is 25.5 Å². The number of benzene rings is 1. The Balaban J connectivity index is 2.16. The van der Waals surface area contributed by atoms with Crippen molar-refractivity contribution in [2.24, 2.45) is 0 Å². The van der Waals surface area contributed by atoms with Crippen LogP contribution in [0, 0.1) is 0 Å². The quantitative estimate of drug-likeness (QED) is 0.834. The molecule has 1 unspecified atom stereocenters. The highest BCUT2D eigenvalue weighted by molar-refractivity contribution is 6.41. The van der Waals surface area contributed by atoms with Crippen molar-refractivity contribution in [3.8, 4) is 0 Å². The van der Waals surface area contributed by atoms with E-state index in [-0.39, 0.29) is 12.0 Å². The predicted octanol–water partition coefficient (Wildman–Crippen LogP) is 1.85. The molecule has 120 valence electrons. The van der Waals surface area contributed by atoms with Gasteiger partial charge >= 0.3 is 11.8 Å². The van der Waals surface area contributed by atoms with E-state index < -0.39 is 17.9 Å². The topological polar surface area (TPSA) is 69.6 Å². The average Bonchev–Trinajstić information content (AvgIpc) is 2.70. The number of nitrogens with one attached hydrogen (secondary N) is 1. The van der Waals surface area contributed by atoms with Gasteiger partial charge < -0.3 is 15.3 Å². The van der Waals surface area contributed by atoms with Gasteiger partial charge in [0.1, 0.15) is 0 Å². The van der Waals surface area contributed by atoms with Crippen molar-refractivity contribution < 1.29 is 14.7 Å². The lowest BCUT2D eigenvalue weighted by Gasteiger charge is -2.20. The zero-order chi connectivity index (χ0) is 16.5. The van der Waals surface area contributed by atoms with Crippen LogP contribution >= 0.6 is 11.6 Å². The summed E-state index contributed by atoms with van der Waals surface area (Å²) in [6.07, 6.45) is -0.104. The number of amides is 2. The number of halogens is 1. The molecular formula is C16H21ClN2O3. The molecule has 0 aromatic heterocycles. The number of aliphatic hydroxyl groups excluding tert-OH is 1. The monoisotopic (exact) mass is 324 g/mol. The van der Waals surface area contributed by atoms with Gasteiger partial charge in [-0.25, -0.2) is 0 Å². The molecule has 22 heavy (non-hydrogen) atoms. The fourth-order valence-corrected chi connectivity index (χ4v) is 3.17. The molecule has 1 aliphatic rings. The van der Waals surface area contributed by atoms with Gasteiger partial charge in [0.05, 0.1) is 6.10 Å². The molecule has 1 aliphatic heterocycles. The number of hydrogen-bond acceptors (Lipinski definition) is 3. The molecule has 0 bridgehead atoms. The molecule has 5 nitrogen and oxygen atoms in total. The second-order valence-corrected chi connectivity index (χ2v) is 6.71. The van der Waals surface area contributed by atoms with E-state index in [0.717, 1.165) is 5.56 Å². The van der Waals surface area contributed by atoms with E-state index in [0.29, 0.717) is 23.7 Å². The highest BCUT2D eigenvalue weighted by Crippen LogP contribution is 2.44. The van der Waals surface area contributed by atoms with Crippen LogP contribution in [0.5, 0.6) is 0 Å². The third-order valence-electron chi connectivity index (χ3n) is 3.80. The third-order valence-corrected chi connectivity index (χ3v) is 4.11. The summed E-state index contributed by atoms with van der Waals surface area (Å²) in [5.41, 5.74) is 1.28. The van der Waals surface area contributed by atoms with E-state index >= 15 is 0 Å². The molecular weight excluding hydrogens is 304 g/mol. The van der Waals surface area contributed by atoms with Crippen LogP contribution in [0.15, 0.2) is 18.2 Å². The minimum Gasteiger partial charge on any atom is -0.393 e. The summed E-state index contributed by atoms with van der Waals surface area (Å²) in [5, 5.41) is 12.3. The minimum atomic E-state index is -0.663. The maximum Gasteiger partial charge on any atom is 0.316 e. The number of fused-ring (bicyclic) bond motifs is 1. The fraction of sp³-hybridized carbons (Fsp3) is 0.500. The molecule has 0 fully saturated rings. The first-order valence-corrected chi connectivity index (χ1v) is 7.68. The van der Waals surface area contributed by atoms with Crippen LogP contribution in [0.25, 0.3) is 0 Å². The Morgan fingerprint density at radius 1 is 1.45 bits per heavy atom. The van der Waals surface area contributed by atoms with Gasteiger partial charge in [-0.2, -0.15) is 0 Å². The van der Waals surface area contributed by atoms with E-state index in [1.54, 1.807) is 25.1 Å². The van der Waals surface area contributed by atoms with Crippen LogP contribution in [0.4, 0.5) is 5.69 Å². The predicted molar refractivity (Wildman–Crippen MR) is 86.1 cm³/mol. The van der Waals surface area contributed by atoms with Gasteiger partial charge in [0, 0.05) is 34.8 Å². The van der Waals surface area contributed by atoms with Crippen molar-refractivity contribution in [2.45, 2.75) is 38.7 Å². The molecule has 1 heterocycles. The smallest absolute Gasteiger partial charge is 0.316 e. The number of anilines is 1. The lowest BCUT2D eigenvalue weighted by Crippen LogP contribution is -2.44. The number of nitrogens with zero attached hydrogens (tertiary/aromatic N) is 1. The third kappa shape index (κ3) is 3.25. The van der Waals surface area contributed by atoms with Crippen molar-refractivity contribution >= 4 is 29.1 Å². The maximum atomic E-state index is 12.4. The van der Waals surface area contributed by atoms with Crippen LogP contribution < -0.4 is 10.2 Å². The first-order valence-electron chi connectivity index (χ1n) is 7.31. The largest absolute Gasteiger partial charge is 0.393 e. The highest BCUT2D eigenvalue weighted by atomic mass is 35.5. The zero-order valence-corrected chi connectivity index (χ0v) is 13.8. The van der Waals surface area contributed by atoms with E-state index in [1.807, 2.05) is 13.8 Å². The molecule has 1 aromatic carbocycles. The highest BCUT2D eigenvalue weighted by Gasteiger charge is 2.41. The SMILES string of the molecule is CC(O)CCNC(=O)C(=O)N1CC(C)(C)c2c(Cl)cccc21. The molecule has 1 atom stereocenters. The average molecular weight is 325 g/mol. The van der Waals surface area contributed by atoms with Gasteiger partial charge in [0.15, 0.2) is 0 Å². The minimum absolute atomic E-state index is 0.266. The second kappa shape index (κ2) is 6.26. The van der Waals surface area contributed by atoms with Crippen LogP contribution in [0.2, 0.25) is 5.02 Å². The van der Waals surface area contributed by atoms with Crippen LogP contribution in [0.3, 0.4) is 0 Å². The molecule has 1 aromatic rings. The number of hydrogen-bond donors (Lipinski definition) is 2. The zero-order valence-electron chi connectivity index (χ0n) is 13.0. The molecule has 0 aliphatic carbocycles. The molecule has 6 heteroatoms. The maximum absolute atomic E-state index is 12.4. The first-order chi connectivity index (χ1) is 10.2. The summed E-state index contributed by atoms with van der Waals surface area (Å²) in [4.78, 5) is 25.9. The summed E-state index contributed by atoms with van der Waals surface area (Å²) >= 11 is 6.26. The Hall–Kier alpha value is -1.59. The van der Waals surface area contributed by atoms with Gasteiger partial charge in [-0.3, -0.25) is 9.59 Å². The van der Waals surface area contributed by atoms with E-state index in [2.05, 4.69) is 5.32 Å². The second-order valence-electron chi connectivity index (χ2n) is 6.30. The van der Waals surface area contributed by atoms with Crippen molar-refractivity contribution in [3.05, 3.63) is 28.8 Å². The Kier molecular flexibility index (Phi) is 4.78. The van der Waals surface area contributed by atoms with E-state index in [1.165, 1.54) is 4.90 Å². The summed E-state index contributed by atoms with van der Waals surface area (Å²) in [7, 11) is 0. The van der Waals surface area contributed by atoms with Crippen LogP contribution in [-0.2, 0) is 15.0 Å². The van der Waals surface area contributed by atoms with Gasteiger partial charge in [0.25, 0.3) is 0 Å². The van der Waals surface area contributed by atoms with Crippen molar-refractivity contribution in [2.75, 3.05) is 18.0 Å². The van der Waals surface area contributed by atoms with E-state index in [4.69, 9.17) is 11.6 Å². The molecule has 0 saturated heterocycles. The van der Waals surface area contributed by atoms with Gasteiger partial charge in [-0.15, -0.1) is 0 Å². The normalized spacial score (nSPS) is 17.0. The molecule has 0 saturated carbocycles. The van der Waals surface area contributed by atoms with Crippen molar-refractivity contribution in [1.82, 2.24) is 5.32 Å². The Labute approximate surface area is 135 Å². The summed E-state index contributed by atoms with van der Waals surface area (Å²) in [6, 6.07) is 5.37. The number of rotatable bonds is 3. The van der Waals surface area contributed by atoms with Gasteiger partial charge in [-0.1, -0.05) is 31.5 Å². The van der Waals surface area contributed by atoms with Crippen LogP contribution in [0.1, 0.15) is 32.8 Å². The lowest BCUT2D eigenvalue weighted by molar-refractivity contribution is -0.137. The number of aliphatic hydroxyl groups is 1. The van der Waals surface area contributed by atoms with E-state index in [9.17, 15) is 14.7 Å². The molecule has 2 rings (SSSR count). The Bertz CT molecular complexity index is 599. The molecule has 0 radical (unpaired) electrons. The number of carbonyl (C=O) groups is 2. The summed E-state index contributed by atoms with van der Waals surface area (Å²) < 4.78 is 0. The molecule has 2 amide bonds. The first kappa shape index (κ1) is 16.8. The van der Waals surface area contributed by atoms with Crippen LogP contribution in [-0.4, -0.2) is 36.1 Å². The van der Waals surface area contributed by atoms with Gasteiger partial charge in [0.2, 0.25) is 0 Å². The Morgan fingerprint density at radius 3 is 2.77 bits per heavy atom. The van der Waals surface area contributed by atoms with Crippen molar-refractivity contribution in [3.63, 3.8) is 0 Å². The number of carbonyl (C=O) groups excluding carboxylic acids is 2.